The van der Waals surface area contributed by atoms with Gasteiger partial charge in [0.25, 0.3) is 0 Å². The first-order valence-corrected chi connectivity index (χ1v) is 10.8. The summed E-state index contributed by atoms with van der Waals surface area (Å²) in [5, 5.41) is 0.328. The lowest BCUT2D eigenvalue weighted by molar-refractivity contribution is -0.00930. The van der Waals surface area contributed by atoms with Crippen LogP contribution < -0.4 is 0 Å². The van der Waals surface area contributed by atoms with Crippen molar-refractivity contribution in [1.29, 1.82) is 0 Å². The molecule has 1 nitrogen and oxygen atoms in total. The Labute approximate surface area is 120 Å². The highest BCUT2D eigenvalue weighted by Gasteiger charge is 2.50. The average Bonchev–Trinajstić information content (AvgIpc) is 2.27. The van der Waals surface area contributed by atoms with Crippen LogP contribution >= 0.6 is 0 Å². The van der Waals surface area contributed by atoms with Gasteiger partial charge in [-0.2, -0.15) is 0 Å². The highest BCUT2D eigenvalue weighted by molar-refractivity contribution is 6.74. The van der Waals surface area contributed by atoms with Gasteiger partial charge in [0.2, 0.25) is 0 Å². The zero-order valence-electron chi connectivity index (χ0n) is 14.0. The molecule has 0 spiro atoms. The summed E-state index contributed by atoms with van der Waals surface area (Å²) in [4.78, 5) is 0. The van der Waals surface area contributed by atoms with Crippen LogP contribution in [0.15, 0.2) is 11.6 Å². The van der Waals surface area contributed by atoms with Gasteiger partial charge in [-0.1, -0.05) is 46.3 Å². The van der Waals surface area contributed by atoms with Gasteiger partial charge in [-0.05, 0) is 54.6 Å². The molecule has 0 aliphatic heterocycles. The van der Waals surface area contributed by atoms with Crippen molar-refractivity contribution in [2.45, 2.75) is 72.0 Å². The molecule has 2 atom stereocenters. The molecule has 0 aromatic carbocycles. The van der Waals surface area contributed by atoms with E-state index in [2.05, 4.69) is 53.8 Å². The number of rotatable bonds is 4. The lowest BCUT2D eigenvalue weighted by Crippen LogP contribution is -2.48. The smallest absolute Gasteiger partial charge is 0.191 e. The minimum atomic E-state index is -1.56. The molecule has 0 N–H and O–H groups in total. The normalized spacial score (nSPS) is 29.7. The molecule has 0 aromatic rings. The van der Waals surface area contributed by atoms with E-state index in [0.29, 0.717) is 10.5 Å². The Morgan fingerprint density at radius 2 is 1.95 bits per heavy atom. The Hall–Kier alpha value is -0.0831. The molecule has 3 rings (SSSR count). The van der Waals surface area contributed by atoms with Gasteiger partial charge in [-0.25, -0.2) is 0 Å². The molecule has 19 heavy (non-hydrogen) atoms. The van der Waals surface area contributed by atoms with E-state index in [1.807, 2.05) is 0 Å². The van der Waals surface area contributed by atoms with Crippen LogP contribution in [0.3, 0.4) is 0 Å². The van der Waals surface area contributed by atoms with Gasteiger partial charge in [-0.15, -0.1) is 0 Å². The number of allylic oxidation sites excluding steroid dienone is 1. The van der Waals surface area contributed by atoms with Crippen molar-refractivity contribution in [3.63, 3.8) is 0 Å². The molecular weight excluding hydrogens is 248 g/mol. The molecule has 1 saturated carbocycles. The van der Waals surface area contributed by atoms with E-state index in [4.69, 9.17) is 4.43 Å². The van der Waals surface area contributed by atoms with Crippen molar-refractivity contribution in [3.05, 3.63) is 11.6 Å². The largest absolute Gasteiger partial charge is 0.417 e. The van der Waals surface area contributed by atoms with Crippen molar-refractivity contribution in [3.8, 4) is 0 Å². The Kier molecular flexibility index (Phi) is 3.81. The lowest BCUT2D eigenvalue weighted by Gasteiger charge is -2.56. The number of hydrogen-bond acceptors (Lipinski definition) is 1. The van der Waals surface area contributed by atoms with Gasteiger partial charge in [-0.3, -0.25) is 0 Å². The second kappa shape index (κ2) is 4.73. The average molecular weight is 281 g/mol. The highest BCUT2D eigenvalue weighted by Crippen LogP contribution is 2.59. The number of fused-ring (bicyclic) bond motifs is 1. The summed E-state index contributed by atoms with van der Waals surface area (Å²) >= 11 is 0. The van der Waals surface area contributed by atoms with Gasteiger partial charge < -0.3 is 4.43 Å². The minimum Gasteiger partial charge on any atom is -0.417 e. The summed E-state index contributed by atoms with van der Waals surface area (Å²) in [6.07, 6.45) is 6.41. The highest BCUT2D eigenvalue weighted by atomic mass is 28.4. The molecule has 0 amide bonds. The van der Waals surface area contributed by atoms with E-state index in [9.17, 15) is 0 Å². The van der Waals surface area contributed by atoms with E-state index in [-0.39, 0.29) is 0 Å². The predicted octanol–water partition coefficient (Wildman–Crippen LogP) is 5.39. The van der Waals surface area contributed by atoms with Crippen molar-refractivity contribution in [1.82, 2.24) is 0 Å². The first-order chi connectivity index (χ1) is 8.56. The minimum absolute atomic E-state index is 0.328. The zero-order valence-corrected chi connectivity index (χ0v) is 15.0. The van der Waals surface area contributed by atoms with E-state index in [0.717, 1.165) is 24.9 Å². The van der Waals surface area contributed by atoms with Crippen molar-refractivity contribution < 1.29 is 4.43 Å². The lowest BCUT2D eigenvalue weighted by atomic mass is 9.48. The third-order valence-electron chi connectivity index (χ3n) is 6.24. The fraction of sp³-hybridized carbons (Fsp3) is 0.882. The van der Waals surface area contributed by atoms with Crippen LogP contribution in [0.5, 0.6) is 0 Å². The molecule has 0 radical (unpaired) electrons. The second-order valence-corrected chi connectivity index (χ2v) is 13.5. The zero-order chi connectivity index (χ0) is 14.5. The van der Waals surface area contributed by atoms with Crippen LogP contribution in [-0.4, -0.2) is 14.9 Å². The topological polar surface area (TPSA) is 9.23 Å². The van der Waals surface area contributed by atoms with Crippen LogP contribution in [0.4, 0.5) is 0 Å². The van der Waals surface area contributed by atoms with E-state index >= 15 is 0 Å². The van der Waals surface area contributed by atoms with E-state index in [1.165, 1.54) is 12.8 Å². The van der Waals surface area contributed by atoms with Crippen molar-refractivity contribution in [2.24, 2.45) is 17.3 Å². The summed E-state index contributed by atoms with van der Waals surface area (Å²) in [5.41, 5.74) is 2.24. The van der Waals surface area contributed by atoms with Crippen LogP contribution in [0.2, 0.25) is 18.1 Å². The molecule has 3 aliphatic rings. The summed E-state index contributed by atoms with van der Waals surface area (Å²) in [6, 6.07) is 0. The van der Waals surface area contributed by atoms with Crippen molar-refractivity contribution in [2.75, 3.05) is 6.61 Å². The standard InChI is InChI=1S/C17H32OSi/c1-16(2,3)19(6,7)18-11-10-13-8-9-14-12-15(13)17(14,4)5/h8,14-15H,9-12H2,1-7H3/t14-,15-/m0/s1. The maximum absolute atomic E-state index is 6.33. The SMILES string of the molecule is CC1(C)[C@H]2CC=C(CCO[Si](C)(C)C(C)(C)C)[C@@H]1C2. The fourth-order valence-electron chi connectivity index (χ4n) is 3.40. The number of hydrogen-bond donors (Lipinski definition) is 0. The molecular formula is C17H32OSi. The van der Waals surface area contributed by atoms with Gasteiger partial charge in [0.1, 0.15) is 0 Å². The summed E-state index contributed by atoms with van der Waals surface area (Å²) in [7, 11) is -1.56. The van der Waals surface area contributed by atoms with E-state index < -0.39 is 8.32 Å². The van der Waals surface area contributed by atoms with Crippen molar-refractivity contribution >= 4 is 8.32 Å². The van der Waals surface area contributed by atoms with Crippen LogP contribution in [-0.2, 0) is 4.43 Å². The molecule has 110 valence electrons. The Morgan fingerprint density at radius 1 is 1.32 bits per heavy atom. The Balaban J connectivity index is 1.86. The van der Waals surface area contributed by atoms with Crippen LogP contribution in [0.1, 0.15) is 53.9 Å². The molecule has 2 heteroatoms. The van der Waals surface area contributed by atoms with Gasteiger partial charge in [0.15, 0.2) is 8.32 Å². The maximum atomic E-state index is 6.33. The monoisotopic (exact) mass is 280 g/mol. The first kappa shape index (κ1) is 15.3. The molecule has 2 bridgehead atoms. The summed E-state index contributed by atoms with van der Waals surface area (Å²) in [5.74, 6) is 1.79. The first-order valence-electron chi connectivity index (χ1n) is 7.88. The molecule has 3 aliphatic carbocycles. The van der Waals surface area contributed by atoms with Crippen LogP contribution in [0.25, 0.3) is 0 Å². The molecule has 0 aromatic heterocycles. The van der Waals surface area contributed by atoms with Gasteiger partial charge in [0.05, 0.1) is 0 Å². The second-order valence-electron chi connectivity index (χ2n) is 8.68. The predicted molar refractivity (Wildman–Crippen MR) is 85.8 cm³/mol. The Bertz CT molecular complexity index is 373. The molecule has 0 heterocycles. The van der Waals surface area contributed by atoms with Gasteiger partial charge >= 0.3 is 0 Å². The van der Waals surface area contributed by atoms with E-state index in [1.54, 1.807) is 5.57 Å². The summed E-state index contributed by atoms with van der Waals surface area (Å²) in [6.45, 7) is 17.5. The third-order valence-corrected chi connectivity index (χ3v) is 10.8. The third kappa shape index (κ3) is 2.71. The molecule has 0 saturated heterocycles. The molecule has 1 fully saturated rings. The Morgan fingerprint density at radius 3 is 2.42 bits per heavy atom. The maximum Gasteiger partial charge on any atom is 0.191 e. The van der Waals surface area contributed by atoms with Crippen LogP contribution in [0, 0.1) is 17.3 Å². The quantitative estimate of drug-likeness (QED) is 0.495. The molecule has 0 unspecified atom stereocenters. The van der Waals surface area contributed by atoms with Gasteiger partial charge in [0, 0.05) is 6.61 Å². The fourth-order valence-corrected chi connectivity index (χ4v) is 4.44. The summed E-state index contributed by atoms with van der Waals surface area (Å²) < 4.78 is 6.33.